The van der Waals surface area contributed by atoms with E-state index in [-0.39, 0.29) is 0 Å². The zero-order valence-corrected chi connectivity index (χ0v) is 21.1. The molecule has 180 valence electrons. The van der Waals surface area contributed by atoms with E-state index in [9.17, 15) is 0 Å². The molecule has 0 amide bonds. The average molecular weight is 495 g/mol. The number of benzene rings is 8. The van der Waals surface area contributed by atoms with Crippen molar-refractivity contribution in [1.82, 2.24) is 0 Å². The summed E-state index contributed by atoms with van der Waals surface area (Å²) in [7, 11) is 0. The van der Waals surface area contributed by atoms with Crippen LogP contribution in [0.3, 0.4) is 0 Å². The third-order valence-corrected chi connectivity index (χ3v) is 8.41. The molecule has 39 heavy (non-hydrogen) atoms. The van der Waals surface area contributed by atoms with Gasteiger partial charge in [-0.25, -0.2) is 0 Å². The number of hydrogen-bond acceptors (Lipinski definition) is 1. The Hall–Kier alpha value is -5.14. The Morgan fingerprint density at radius 3 is 1.77 bits per heavy atom. The van der Waals surface area contributed by atoms with E-state index in [1.807, 2.05) is 0 Å². The minimum atomic E-state index is 0.942. The minimum Gasteiger partial charge on any atom is -0.455 e. The van der Waals surface area contributed by atoms with Gasteiger partial charge in [-0.1, -0.05) is 109 Å². The monoisotopic (exact) mass is 494 g/mol. The number of rotatable bonds is 1. The topological polar surface area (TPSA) is 9.23 Å². The third kappa shape index (κ3) is 2.90. The molecule has 1 heteroatoms. The van der Waals surface area contributed by atoms with Crippen LogP contribution >= 0.6 is 0 Å². The van der Waals surface area contributed by atoms with E-state index in [0.29, 0.717) is 0 Å². The molecule has 0 aromatic heterocycles. The maximum absolute atomic E-state index is 6.95. The Balaban J connectivity index is 1.38. The van der Waals surface area contributed by atoms with E-state index < -0.39 is 0 Å². The fourth-order valence-electron chi connectivity index (χ4n) is 6.57. The fourth-order valence-corrected chi connectivity index (χ4v) is 6.57. The molecule has 0 aliphatic carbocycles. The van der Waals surface area contributed by atoms with E-state index in [0.717, 1.165) is 28.0 Å². The van der Waals surface area contributed by atoms with Crippen molar-refractivity contribution in [3.05, 3.63) is 133 Å². The van der Waals surface area contributed by atoms with Crippen molar-refractivity contribution in [3.8, 4) is 33.8 Å². The van der Waals surface area contributed by atoms with Crippen molar-refractivity contribution < 1.29 is 4.74 Å². The molecule has 8 aromatic carbocycles. The van der Waals surface area contributed by atoms with E-state index in [2.05, 4.69) is 133 Å². The predicted octanol–water partition coefficient (Wildman–Crippen LogP) is 10.9. The first-order chi connectivity index (χ1) is 19.3. The van der Waals surface area contributed by atoms with Crippen molar-refractivity contribution in [2.75, 3.05) is 0 Å². The van der Waals surface area contributed by atoms with Crippen LogP contribution < -0.4 is 4.74 Å². The molecule has 0 fully saturated rings. The van der Waals surface area contributed by atoms with Crippen molar-refractivity contribution in [2.45, 2.75) is 0 Å². The molecule has 9 rings (SSSR count). The van der Waals surface area contributed by atoms with Crippen LogP contribution in [0.4, 0.5) is 0 Å². The maximum Gasteiger partial charge on any atom is 0.143 e. The van der Waals surface area contributed by atoms with Crippen LogP contribution in [-0.2, 0) is 0 Å². The smallest absolute Gasteiger partial charge is 0.143 e. The van der Waals surface area contributed by atoms with Crippen LogP contribution in [0.2, 0.25) is 0 Å². The highest BCUT2D eigenvalue weighted by Gasteiger charge is 2.25. The molecule has 0 N–H and O–H groups in total. The normalized spacial score (nSPS) is 12.3. The molecular formula is C38H22O. The molecule has 0 atom stereocenters. The second-order valence-electron chi connectivity index (χ2n) is 10.5. The van der Waals surface area contributed by atoms with Crippen molar-refractivity contribution in [3.63, 3.8) is 0 Å². The summed E-state index contributed by atoms with van der Waals surface area (Å²) in [5.74, 6) is 1.88. The summed E-state index contributed by atoms with van der Waals surface area (Å²) >= 11 is 0. The molecule has 0 saturated heterocycles. The highest BCUT2D eigenvalue weighted by atomic mass is 16.5. The van der Waals surface area contributed by atoms with E-state index in [4.69, 9.17) is 4.74 Å². The summed E-state index contributed by atoms with van der Waals surface area (Å²) in [5.41, 5.74) is 4.70. The Labute approximate surface area is 225 Å². The second-order valence-corrected chi connectivity index (χ2v) is 10.5. The standard InChI is InChI=1S/C38H22O/c1-3-11-28-23(7-1)15-16-27-21-26-10-6-13-30(35(26)22-34(27)28)32-20-18-25-9-5-14-31-33-19-17-24-8-2-4-12-29(24)37(33)39-38(32)36(25)31/h1-22H. The van der Waals surface area contributed by atoms with E-state index >= 15 is 0 Å². The Morgan fingerprint density at radius 1 is 0.308 bits per heavy atom. The van der Waals surface area contributed by atoms with Gasteiger partial charge >= 0.3 is 0 Å². The molecule has 0 spiro atoms. The Morgan fingerprint density at radius 2 is 0.897 bits per heavy atom. The largest absolute Gasteiger partial charge is 0.455 e. The Kier molecular flexibility index (Phi) is 4.11. The molecule has 0 radical (unpaired) electrons. The van der Waals surface area contributed by atoms with Crippen LogP contribution in [-0.4, -0.2) is 0 Å². The zero-order valence-electron chi connectivity index (χ0n) is 21.1. The van der Waals surface area contributed by atoms with E-state index in [1.165, 1.54) is 59.6 Å². The summed E-state index contributed by atoms with van der Waals surface area (Å²) in [6.45, 7) is 0. The number of fused-ring (bicyclic) bond motifs is 8. The maximum atomic E-state index is 6.95. The summed E-state index contributed by atoms with van der Waals surface area (Å²) < 4.78 is 6.95. The lowest BCUT2D eigenvalue weighted by atomic mass is 9.88. The van der Waals surface area contributed by atoms with Gasteiger partial charge < -0.3 is 4.74 Å². The molecule has 1 nitrogen and oxygen atoms in total. The van der Waals surface area contributed by atoms with Gasteiger partial charge in [0.15, 0.2) is 0 Å². The van der Waals surface area contributed by atoms with Gasteiger partial charge in [-0.3, -0.25) is 0 Å². The van der Waals surface area contributed by atoms with Gasteiger partial charge in [0.2, 0.25) is 0 Å². The van der Waals surface area contributed by atoms with Gasteiger partial charge in [0, 0.05) is 21.9 Å². The van der Waals surface area contributed by atoms with Crippen LogP contribution in [0.15, 0.2) is 133 Å². The van der Waals surface area contributed by atoms with Crippen molar-refractivity contribution in [1.29, 1.82) is 0 Å². The lowest BCUT2D eigenvalue weighted by Gasteiger charge is -2.25. The van der Waals surface area contributed by atoms with Crippen molar-refractivity contribution in [2.24, 2.45) is 0 Å². The molecule has 1 aliphatic heterocycles. The average Bonchev–Trinajstić information content (AvgIpc) is 3.00. The number of hydrogen-bond donors (Lipinski definition) is 0. The van der Waals surface area contributed by atoms with Gasteiger partial charge in [-0.05, 0) is 78.5 Å². The predicted molar refractivity (Wildman–Crippen MR) is 165 cm³/mol. The molecule has 1 heterocycles. The molecule has 0 bridgehead atoms. The van der Waals surface area contributed by atoms with E-state index in [1.54, 1.807) is 0 Å². The molecule has 0 saturated carbocycles. The van der Waals surface area contributed by atoms with Crippen LogP contribution in [0.1, 0.15) is 0 Å². The lowest BCUT2D eigenvalue weighted by Crippen LogP contribution is -2.00. The van der Waals surface area contributed by atoms with Crippen molar-refractivity contribution >= 4 is 53.9 Å². The third-order valence-electron chi connectivity index (χ3n) is 8.41. The first-order valence-electron chi connectivity index (χ1n) is 13.4. The molecule has 1 aliphatic rings. The second kappa shape index (κ2) is 7.69. The summed E-state index contributed by atoms with van der Waals surface area (Å²) in [6, 6.07) is 48.4. The van der Waals surface area contributed by atoms with Gasteiger partial charge in [-0.2, -0.15) is 0 Å². The van der Waals surface area contributed by atoms with Crippen LogP contribution in [0.25, 0.3) is 76.1 Å². The van der Waals surface area contributed by atoms with Gasteiger partial charge in [-0.15, -0.1) is 0 Å². The van der Waals surface area contributed by atoms with Gasteiger partial charge in [0.25, 0.3) is 0 Å². The summed E-state index contributed by atoms with van der Waals surface area (Å²) in [4.78, 5) is 0. The summed E-state index contributed by atoms with van der Waals surface area (Å²) in [5, 5.41) is 12.3. The first-order valence-corrected chi connectivity index (χ1v) is 13.4. The highest BCUT2D eigenvalue weighted by Crippen LogP contribution is 2.53. The fraction of sp³-hybridized carbons (Fsp3) is 0. The first kappa shape index (κ1) is 20.9. The van der Waals surface area contributed by atoms with Gasteiger partial charge in [0.05, 0.1) is 0 Å². The zero-order chi connectivity index (χ0) is 25.5. The van der Waals surface area contributed by atoms with Crippen LogP contribution in [0, 0.1) is 0 Å². The quantitative estimate of drug-likeness (QED) is 0.163. The minimum absolute atomic E-state index is 0.942. The number of ether oxygens (including phenoxy) is 1. The SMILES string of the molecule is c1cc(-c2ccc3cccc4c3c2Oc2c-4ccc3ccccc23)c2cc3c(ccc4ccccc43)cc2c1. The lowest BCUT2D eigenvalue weighted by molar-refractivity contribution is 0.494. The highest BCUT2D eigenvalue weighted by molar-refractivity contribution is 6.16. The molecule has 8 aromatic rings. The van der Waals surface area contributed by atoms with Gasteiger partial charge in [0.1, 0.15) is 11.5 Å². The molecule has 0 unspecified atom stereocenters. The van der Waals surface area contributed by atoms with Crippen LogP contribution in [0.5, 0.6) is 11.5 Å². The Bertz CT molecular complexity index is 2310. The molecular weight excluding hydrogens is 472 g/mol. The summed E-state index contributed by atoms with van der Waals surface area (Å²) in [6.07, 6.45) is 0.